The van der Waals surface area contributed by atoms with Crippen LogP contribution in [0, 0.1) is 0 Å². The molecule has 2 aromatic rings. The van der Waals surface area contributed by atoms with Crippen molar-refractivity contribution in [2.75, 3.05) is 24.7 Å². The SMILES string of the molecule is C[P+](=O)OC[C@]12O[C@@H](n3cnc4c(N)nc(N)nc43)[C@H](OC1(F)F)[C@@H]2O. The Labute approximate surface area is 145 Å². The number of halogens is 2. The van der Waals surface area contributed by atoms with Crippen LogP contribution < -0.4 is 11.5 Å². The highest BCUT2D eigenvalue weighted by molar-refractivity contribution is 7.38. The molecule has 26 heavy (non-hydrogen) atoms. The molecule has 0 saturated carbocycles. The summed E-state index contributed by atoms with van der Waals surface area (Å²) in [7, 11) is -2.20. The normalized spacial score (nSPS) is 33.1. The number of hydrogen-bond donors (Lipinski definition) is 3. The highest BCUT2D eigenvalue weighted by Crippen LogP contribution is 2.56. The largest absolute Gasteiger partial charge is 0.504 e. The smallest absolute Gasteiger partial charge is 0.387 e. The first-order valence-electron chi connectivity index (χ1n) is 7.37. The van der Waals surface area contributed by atoms with Crippen LogP contribution in [0.4, 0.5) is 20.5 Å². The molecule has 11 nitrogen and oxygen atoms in total. The van der Waals surface area contributed by atoms with Crippen LogP contribution in [0.25, 0.3) is 11.2 Å². The van der Waals surface area contributed by atoms with Crippen LogP contribution in [0.2, 0.25) is 0 Å². The number of aliphatic hydroxyl groups excluding tert-OH is 1. The Bertz CT molecular complexity index is 912. The number of aliphatic hydroxyl groups is 1. The summed E-state index contributed by atoms with van der Waals surface area (Å²) < 4.78 is 56.0. The Kier molecular flexibility index (Phi) is 3.66. The molecule has 0 aromatic carbocycles. The van der Waals surface area contributed by atoms with E-state index >= 15 is 0 Å². The van der Waals surface area contributed by atoms with Gasteiger partial charge in [-0.05, 0) is 4.57 Å². The number of fused-ring (bicyclic) bond motifs is 3. The molecule has 1 unspecified atom stereocenters. The van der Waals surface area contributed by atoms with Crippen molar-refractivity contribution in [3.05, 3.63) is 6.33 Å². The van der Waals surface area contributed by atoms with Crippen LogP contribution in [-0.4, -0.2) is 61.8 Å². The van der Waals surface area contributed by atoms with Gasteiger partial charge in [-0.3, -0.25) is 4.57 Å². The second-order valence-electron chi connectivity index (χ2n) is 5.95. The van der Waals surface area contributed by atoms with E-state index in [-0.39, 0.29) is 22.9 Å². The first-order valence-corrected chi connectivity index (χ1v) is 8.99. The van der Waals surface area contributed by atoms with Crippen LogP contribution in [0.1, 0.15) is 6.23 Å². The minimum Gasteiger partial charge on any atom is -0.387 e. The zero-order chi connectivity index (χ0) is 18.9. The number of nitrogens with zero attached hydrogens (tertiary/aromatic N) is 4. The van der Waals surface area contributed by atoms with Crippen molar-refractivity contribution in [3.8, 4) is 0 Å². The molecule has 4 rings (SSSR count). The average molecular weight is 391 g/mol. The van der Waals surface area contributed by atoms with E-state index in [0.29, 0.717) is 0 Å². The third kappa shape index (κ3) is 2.21. The number of ether oxygens (including phenoxy) is 2. The molecular formula is C12H14F2N6O5P+. The Balaban J connectivity index is 1.76. The van der Waals surface area contributed by atoms with Gasteiger partial charge in [0.25, 0.3) is 0 Å². The van der Waals surface area contributed by atoms with Crippen LogP contribution in [0.3, 0.4) is 0 Å². The van der Waals surface area contributed by atoms with E-state index < -0.39 is 44.8 Å². The highest BCUT2D eigenvalue weighted by atomic mass is 31.1. The number of aromatic nitrogens is 4. The maximum absolute atomic E-state index is 14.3. The van der Waals surface area contributed by atoms with Gasteiger partial charge < -0.3 is 26.0 Å². The maximum Gasteiger partial charge on any atom is 0.504 e. The summed E-state index contributed by atoms with van der Waals surface area (Å²) in [6, 6.07) is 0. The monoisotopic (exact) mass is 391 g/mol. The average Bonchev–Trinajstić information content (AvgIpc) is 3.12. The van der Waals surface area contributed by atoms with E-state index in [9.17, 15) is 18.5 Å². The number of nitrogen functional groups attached to an aromatic ring is 2. The third-order valence-corrected chi connectivity index (χ3v) is 4.87. The first kappa shape index (κ1) is 17.4. The molecule has 2 saturated heterocycles. The lowest BCUT2D eigenvalue weighted by Crippen LogP contribution is -2.55. The molecule has 2 fully saturated rings. The molecule has 5 N–H and O–H groups in total. The summed E-state index contributed by atoms with van der Waals surface area (Å²) in [6.45, 7) is 0.369. The molecule has 4 heterocycles. The highest BCUT2D eigenvalue weighted by Gasteiger charge is 2.78. The fraction of sp³-hybridized carbons (Fsp3) is 0.583. The predicted molar refractivity (Wildman–Crippen MR) is 82.3 cm³/mol. The standard InChI is InChI=1S/C12H14F2N6O5P/c1-26(22)23-2-11-6(21)5(24-12(11,13)14)9(25-11)20-3-17-4-7(15)18-10(16)19-8(4)20/h3,5-6,9,21H,2H2,1H3,(H4,15,16,18,19)/q+1/t5-,6+,9-,11-/m1/s1. The molecule has 0 radical (unpaired) electrons. The molecule has 0 aliphatic carbocycles. The van der Waals surface area contributed by atoms with Crippen molar-refractivity contribution in [1.82, 2.24) is 19.5 Å². The zero-order valence-corrected chi connectivity index (χ0v) is 14.1. The predicted octanol–water partition coefficient (Wildman–Crippen LogP) is -0.000400. The Morgan fingerprint density at radius 1 is 1.42 bits per heavy atom. The van der Waals surface area contributed by atoms with Crippen LogP contribution >= 0.6 is 8.03 Å². The quantitative estimate of drug-likeness (QED) is 0.605. The zero-order valence-electron chi connectivity index (χ0n) is 13.2. The lowest BCUT2D eigenvalue weighted by Gasteiger charge is -2.35. The minimum atomic E-state index is -3.84. The number of imidazole rings is 1. The summed E-state index contributed by atoms with van der Waals surface area (Å²) in [5.41, 5.74) is 9.08. The van der Waals surface area contributed by atoms with E-state index in [4.69, 9.17) is 25.5 Å². The van der Waals surface area contributed by atoms with Gasteiger partial charge in [-0.25, -0.2) is 4.98 Å². The number of nitrogens with two attached hydrogens (primary N) is 2. The van der Waals surface area contributed by atoms with Gasteiger partial charge in [0.15, 0.2) is 24.4 Å². The molecule has 5 atom stereocenters. The summed E-state index contributed by atoms with van der Waals surface area (Å²) in [4.78, 5) is 11.8. The van der Waals surface area contributed by atoms with Crippen molar-refractivity contribution < 1.29 is 32.4 Å². The van der Waals surface area contributed by atoms with Crippen LogP contribution in [0.5, 0.6) is 0 Å². The lowest BCUT2D eigenvalue weighted by molar-refractivity contribution is -0.369. The molecule has 2 bridgehead atoms. The first-order chi connectivity index (χ1) is 12.2. The summed E-state index contributed by atoms with van der Waals surface area (Å²) in [6.07, 6.45) is -7.00. The van der Waals surface area contributed by atoms with Crippen molar-refractivity contribution in [2.24, 2.45) is 0 Å². The number of anilines is 2. The Morgan fingerprint density at radius 3 is 2.85 bits per heavy atom. The molecule has 0 spiro atoms. The van der Waals surface area contributed by atoms with Gasteiger partial charge in [-0.15, -0.1) is 4.52 Å². The maximum atomic E-state index is 14.3. The van der Waals surface area contributed by atoms with Gasteiger partial charge in [0.1, 0.15) is 24.3 Å². The van der Waals surface area contributed by atoms with Gasteiger partial charge in [0.2, 0.25) is 11.5 Å². The van der Waals surface area contributed by atoms with Crippen LogP contribution in [0.15, 0.2) is 6.33 Å². The summed E-state index contributed by atoms with van der Waals surface area (Å²) >= 11 is 0. The second kappa shape index (κ2) is 5.47. The number of rotatable bonds is 4. The van der Waals surface area contributed by atoms with Crippen molar-refractivity contribution in [2.45, 2.75) is 30.1 Å². The van der Waals surface area contributed by atoms with Crippen molar-refractivity contribution in [1.29, 1.82) is 0 Å². The molecule has 2 aliphatic heterocycles. The van der Waals surface area contributed by atoms with Gasteiger partial charge >= 0.3 is 14.1 Å². The topological polar surface area (TPSA) is 161 Å². The Morgan fingerprint density at radius 2 is 2.15 bits per heavy atom. The number of alkyl halides is 2. The molecular weight excluding hydrogens is 377 g/mol. The molecule has 140 valence electrons. The van der Waals surface area contributed by atoms with Crippen molar-refractivity contribution >= 4 is 31.0 Å². The fourth-order valence-corrected chi connectivity index (χ4v) is 3.53. The van der Waals surface area contributed by atoms with E-state index in [0.717, 1.165) is 0 Å². The van der Waals surface area contributed by atoms with E-state index in [2.05, 4.69) is 15.0 Å². The van der Waals surface area contributed by atoms with Gasteiger partial charge in [-0.2, -0.15) is 18.7 Å². The van der Waals surface area contributed by atoms with E-state index in [1.807, 2.05) is 0 Å². The van der Waals surface area contributed by atoms with Gasteiger partial charge in [-0.1, -0.05) is 0 Å². The lowest BCUT2D eigenvalue weighted by atomic mass is 9.98. The van der Waals surface area contributed by atoms with E-state index in [1.54, 1.807) is 0 Å². The Hall–Kier alpha value is -2.05. The van der Waals surface area contributed by atoms with Gasteiger partial charge in [0, 0.05) is 0 Å². The van der Waals surface area contributed by atoms with Crippen molar-refractivity contribution in [3.63, 3.8) is 0 Å². The molecule has 2 aromatic heterocycles. The molecule has 2 aliphatic rings. The number of hydrogen-bond acceptors (Lipinski definition) is 10. The third-order valence-electron chi connectivity index (χ3n) is 4.38. The molecule has 14 heteroatoms. The summed E-state index contributed by atoms with van der Waals surface area (Å²) in [5.74, 6) is -0.144. The minimum absolute atomic E-state index is 0.00206. The second-order valence-corrected chi connectivity index (χ2v) is 7.08. The van der Waals surface area contributed by atoms with Crippen LogP contribution in [-0.2, 0) is 18.6 Å². The summed E-state index contributed by atoms with van der Waals surface area (Å²) in [5, 5.41) is 10.4. The molecule has 0 amide bonds. The fourth-order valence-electron chi connectivity index (χ4n) is 3.15. The van der Waals surface area contributed by atoms with E-state index in [1.165, 1.54) is 17.6 Å². The van der Waals surface area contributed by atoms with Gasteiger partial charge in [0.05, 0.1) is 6.33 Å².